The minimum atomic E-state index is -4.61. The van der Waals surface area contributed by atoms with Crippen LogP contribution in [0.3, 0.4) is 0 Å². The minimum Gasteiger partial charge on any atom is -0.394 e. The van der Waals surface area contributed by atoms with Gasteiger partial charge in [0.1, 0.15) is 24.4 Å². The number of hydrogen-bond acceptors (Lipinski definition) is 10. The maximum Gasteiger partial charge on any atom is 0.668 e. The average Bonchev–Trinajstić information content (AvgIpc) is 2.22. The van der Waals surface area contributed by atoms with Gasteiger partial charge in [-0.2, -0.15) is 0 Å². The highest BCUT2D eigenvalue weighted by molar-refractivity contribution is 6.46. The van der Waals surface area contributed by atoms with Gasteiger partial charge in [0, 0.05) is 0 Å². The van der Waals surface area contributed by atoms with E-state index in [1.807, 2.05) is 0 Å². The zero-order valence-corrected chi connectivity index (χ0v) is 9.53. The molecule has 0 radical (unpaired) electrons. The first-order valence-electron chi connectivity index (χ1n) is 4.22. The van der Waals surface area contributed by atoms with E-state index < -0.39 is 40.1 Å². The lowest BCUT2D eigenvalue weighted by atomic mass is 10.0. The van der Waals surface area contributed by atoms with Crippen molar-refractivity contribution in [2.24, 2.45) is 0 Å². The molecule has 0 aliphatic rings. The van der Waals surface area contributed by atoms with Crippen LogP contribution < -0.4 is 0 Å². The Morgan fingerprint density at radius 1 is 0.941 bits per heavy atom. The van der Waals surface area contributed by atoms with Gasteiger partial charge in [-0.1, -0.05) is 0 Å². The molecule has 104 valence electrons. The molecule has 0 aromatic carbocycles. The summed E-state index contributed by atoms with van der Waals surface area (Å²) in [4.78, 5) is 39.2. The summed E-state index contributed by atoms with van der Waals surface area (Å²) in [5, 5.41) is 43.5. The van der Waals surface area contributed by atoms with E-state index in [0.29, 0.717) is 0 Å². The molecule has 11 heteroatoms. The van der Waals surface area contributed by atoms with Gasteiger partial charge in [-0.05, 0) is 0 Å². The summed E-state index contributed by atoms with van der Waals surface area (Å²) in [7, 11) is -4.61. The highest BCUT2D eigenvalue weighted by atomic mass is 28.4. The van der Waals surface area contributed by atoms with Crippen molar-refractivity contribution < 1.29 is 49.5 Å². The third-order valence-electron chi connectivity index (χ3n) is 1.42. The molecule has 0 rings (SSSR count). The van der Waals surface area contributed by atoms with Gasteiger partial charge in [0.15, 0.2) is 6.29 Å². The highest BCUT2D eigenvalue weighted by Crippen LogP contribution is 2.02. The summed E-state index contributed by atoms with van der Waals surface area (Å²) >= 11 is 0. The molecular weight excluding hydrogens is 260 g/mol. The maximum atomic E-state index is 9.90. The summed E-state index contributed by atoms with van der Waals surface area (Å²) < 4.78 is 0. The van der Waals surface area contributed by atoms with Crippen LogP contribution in [0.15, 0.2) is 0 Å². The van der Waals surface area contributed by atoms with Gasteiger partial charge >= 0.3 is 9.05 Å². The Kier molecular flexibility index (Phi) is 9.54. The molecule has 0 saturated carbocycles. The Morgan fingerprint density at radius 3 is 1.53 bits per heavy atom. The first-order chi connectivity index (χ1) is 7.54. The molecule has 0 fully saturated rings. The summed E-state index contributed by atoms with van der Waals surface area (Å²) in [6.07, 6.45) is -6.84. The van der Waals surface area contributed by atoms with Crippen molar-refractivity contribution in [1.29, 1.82) is 0 Å². The third kappa shape index (κ3) is 11.8. The normalized spacial score (nSPS) is 18.4. The van der Waals surface area contributed by atoms with Crippen LogP contribution >= 0.6 is 0 Å². The zero-order chi connectivity index (χ0) is 14.2. The van der Waals surface area contributed by atoms with Gasteiger partial charge in [0.2, 0.25) is 0 Å². The standard InChI is InChI=1S/C6H12O6.H4O4Si/c7-1-3(9)5(11)6(12)4(10)2-8;1-5(2,3)4/h1,3-6,8-12H,2H2;1-4H/t3-,4+,5+,6+;/m0./s1. The van der Waals surface area contributed by atoms with Crippen LogP contribution in [-0.4, -0.2) is 91.1 Å². The first kappa shape index (κ1) is 18.9. The van der Waals surface area contributed by atoms with E-state index in [9.17, 15) is 4.79 Å². The van der Waals surface area contributed by atoms with E-state index in [0.717, 1.165) is 0 Å². The third-order valence-corrected chi connectivity index (χ3v) is 1.42. The molecule has 0 saturated heterocycles. The lowest BCUT2D eigenvalue weighted by Gasteiger charge is -2.22. The van der Waals surface area contributed by atoms with Crippen molar-refractivity contribution >= 4 is 15.3 Å². The fourth-order valence-corrected chi connectivity index (χ4v) is 0.618. The van der Waals surface area contributed by atoms with Gasteiger partial charge in [-0.25, -0.2) is 0 Å². The smallest absolute Gasteiger partial charge is 0.394 e. The van der Waals surface area contributed by atoms with Gasteiger partial charge in [-0.15, -0.1) is 0 Å². The topological polar surface area (TPSA) is 199 Å². The Balaban J connectivity index is 0. The molecule has 0 aliphatic heterocycles. The van der Waals surface area contributed by atoms with E-state index in [1.54, 1.807) is 0 Å². The SMILES string of the molecule is O=C[C@H](O)[C@@H](O)[C@H](O)[C@H](O)CO.O[Si](O)(O)O. The largest absolute Gasteiger partial charge is 0.668 e. The molecule has 0 aromatic rings. The predicted molar refractivity (Wildman–Crippen MR) is 51.8 cm³/mol. The van der Waals surface area contributed by atoms with Crippen LogP contribution in [0.25, 0.3) is 0 Å². The zero-order valence-electron chi connectivity index (χ0n) is 8.53. The molecule has 4 atom stereocenters. The highest BCUT2D eigenvalue weighted by Gasteiger charge is 2.29. The summed E-state index contributed by atoms with van der Waals surface area (Å²) in [6.45, 7) is -0.760. The lowest BCUT2D eigenvalue weighted by Crippen LogP contribution is -2.46. The first-order valence-corrected chi connectivity index (χ1v) is 6.01. The number of aldehydes is 1. The number of carbonyl (C=O) groups excluding carboxylic acids is 1. The van der Waals surface area contributed by atoms with E-state index in [2.05, 4.69) is 0 Å². The van der Waals surface area contributed by atoms with Gasteiger partial charge in [-0.3, -0.25) is 0 Å². The van der Waals surface area contributed by atoms with Crippen molar-refractivity contribution in [1.82, 2.24) is 0 Å². The molecule has 0 bridgehead atoms. The van der Waals surface area contributed by atoms with Crippen molar-refractivity contribution in [3.63, 3.8) is 0 Å². The molecule has 0 unspecified atom stereocenters. The quantitative estimate of drug-likeness (QED) is 0.172. The molecular formula is C6H16O10Si. The van der Waals surface area contributed by atoms with E-state index >= 15 is 0 Å². The second-order valence-electron chi connectivity index (χ2n) is 2.96. The maximum absolute atomic E-state index is 9.90. The minimum absolute atomic E-state index is 0.0258. The van der Waals surface area contributed by atoms with Crippen LogP contribution in [-0.2, 0) is 4.79 Å². The second-order valence-corrected chi connectivity index (χ2v) is 4.16. The van der Waals surface area contributed by atoms with Crippen LogP contribution in [0.4, 0.5) is 0 Å². The molecule has 0 amide bonds. The van der Waals surface area contributed by atoms with Gasteiger partial charge < -0.3 is 49.5 Å². The number of hydrogen-bond donors (Lipinski definition) is 9. The lowest BCUT2D eigenvalue weighted by molar-refractivity contribution is -0.136. The Bertz CT molecular complexity index is 199. The van der Waals surface area contributed by atoms with Crippen LogP contribution in [0.2, 0.25) is 0 Å². The van der Waals surface area contributed by atoms with Crippen molar-refractivity contribution in [2.45, 2.75) is 24.4 Å². The second kappa shape index (κ2) is 8.59. The Labute approximate surface area is 96.8 Å². The van der Waals surface area contributed by atoms with Gasteiger partial charge in [0.05, 0.1) is 6.61 Å². The molecule has 0 spiro atoms. The fraction of sp³-hybridized carbons (Fsp3) is 0.833. The van der Waals surface area contributed by atoms with Crippen LogP contribution in [0.1, 0.15) is 0 Å². The molecule has 0 heterocycles. The van der Waals surface area contributed by atoms with E-state index in [4.69, 9.17) is 44.7 Å². The fourth-order valence-electron chi connectivity index (χ4n) is 0.618. The Morgan fingerprint density at radius 2 is 1.29 bits per heavy atom. The van der Waals surface area contributed by atoms with E-state index in [1.165, 1.54) is 0 Å². The number of aliphatic hydroxyl groups is 5. The predicted octanol–water partition coefficient (Wildman–Crippen LogP) is -5.99. The summed E-state index contributed by atoms with van der Waals surface area (Å²) in [6, 6.07) is 0. The molecule has 9 N–H and O–H groups in total. The van der Waals surface area contributed by atoms with Crippen molar-refractivity contribution in [3.8, 4) is 0 Å². The summed E-state index contributed by atoms with van der Waals surface area (Å²) in [5.74, 6) is 0. The van der Waals surface area contributed by atoms with Crippen molar-refractivity contribution in [3.05, 3.63) is 0 Å². The molecule has 0 aromatic heterocycles. The Hall–Kier alpha value is -0.473. The monoisotopic (exact) mass is 276 g/mol. The number of rotatable bonds is 5. The summed E-state index contributed by atoms with van der Waals surface area (Å²) in [5.41, 5.74) is 0. The van der Waals surface area contributed by atoms with Crippen molar-refractivity contribution in [2.75, 3.05) is 6.61 Å². The molecule has 10 nitrogen and oxygen atoms in total. The van der Waals surface area contributed by atoms with Crippen LogP contribution in [0, 0.1) is 0 Å². The van der Waals surface area contributed by atoms with E-state index in [-0.39, 0.29) is 6.29 Å². The molecule has 0 aliphatic carbocycles. The number of aliphatic hydroxyl groups excluding tert-OH is 5. The number of carbonyl (C=O) groups is 1. The van der Waals surface area contributed by atoms with Crippen LogP contribution in [0.5, 0.6) is 0 Å². The average molecular weight is 276 g/mol. The van der Waals surface area contributed by atoms with Gasteiger partial charge in [0.25, 0.3) is 0 Å². The molecule has 17 heavy (non-hydrogen) atoms.